The van der Waals surface area contributed by atoms with Gasteiger partial charge in [0.2, 0.25) is 5.91 Å². The molecule has 2 aliphatic heterocycles. The third-order valence-electron chi connectivity index (χ3n) is 5.09. The minimum atomic E-state index is -0.504. The van der Waals surface area contributed by atoms with Crippen molar-refractivity contribution in [2.75, 3.05) is 20.0 Å². The maximum Gasteiger partial charge on any atom is 0.260 e. The van der Waals surface area contributed by atoms with Gasteiger partial charge in [0.15, 0.2) is 11.5 Å². The van der Waals surface area contributed by atoms with Crippen molar-refractivity contribution >= 4 is 23.6 Å². The molecule has 0 radical (unpaired) electrons. The first kappa shape index (κ1) is 17.8. The van der Waals surface area contributed by atoms with Crippen LogP contribution in [0.3, 0.4) is 0 Å². The van der Waals surface area contributed by atoms with E-state index in [1.807, 2.05) is 36.0 Å². The summed E-state index contributed by atoms with van der Waals surface area (Å²) in [7, 11) is 4.99. The number of carbonyl (C=O) groups is 2. The molecule has 2 amide bonds. The van der Waals surface area contributed by atoms with E-state index < -0.39 is 6.04 Å². The quantitative estimate of drug-likeness (QED) is 0.849. The van der Waals surface area contributed by atoms with Gasteiger partial charge in [0.1, 0.15) is 11.4 Å². The van der Waals surface area contributed by atoms with E-state index in [9.17, 15) is 9.59 Å². The van der Waals surface area contributed by atoms with Crippen molar-refractivity contribution in [3.8, 4) is 11.5 Å². The van der Waals surface area contributed by atoms with Crippen LogP contribution in [0.5, 0.6) is 11.5 Å². The van der Waals surface area contributed by atoms with Crippen molar-refractivity contribution < 1.29 is 19.1 Å². The second-order valence-electron chi connectivity index (χ2n) is 6.51. The molecule has 0 bridgehead atoms. The van der Waals surface area contributed by atoms with Crippen LogP contribution < -0.4 is 14.8 Å². The van der Waals surface area contributed by atoms with Crippen molar-refractivity contribution in [3.63, 3.8) is 0 Å². The Hall–Kier alpha value is -2.61. The summed E-state index contributed by atoms with van der Waals surface area (Å²) in [5.74, 6) is 1.19. The number of ether oxygens (including phenoxy) is 2. The highest BCUT2D eigenvalue weighted by molar-refractivity contribution is 7.99. The lowest BCUT2D eigenvalue weighted by Gasteiger charge is -2.22. The van der Waals surface area contributed by atoms with Gasteiger partial charge in [0, 0.05) is 30.3 Å². The Morgan fingerprint density at radius 1 is 1.30 bits per heavy atom. The monoisotopic (exact) mass is 387 g/mol. The molecule has 1 aromatic heterocycles. The summed E-state index contributed by atoms with van der Waals surface area (Å²) in [5, 5.41) is 2.79. The standard InChI is InChI=1S/C19H21N3O4S/c1-21-8-4-5-11(21)9-20-17(23)13-10-27-19-12-6-7-14(25-2)16(26-3)15(12)18(24)22(13)19/h4-8,13,19H,9-10H2,1-3H3,(H,20,23). The van der Waals surface area contributed by atoms with Crippen molar-refractivity contribution in [2.24, 2.45) is 7.05 Å². The first-order chi connectivity index (χ1) is 13.1. The number of nitrogens with one attached hydrogen (secondary N) is 1. The number of thioether (sulfide) groups is 1. The van der Waals surface area contributed by atoms with Gasteiger partial charge >= 0.3 is 0 Å². The van der Waals surface area contributed by atoms with Gasteiger partial charge in [-0.2, -0.15) is 0 Å². The van der Waals surface area contributed by atoms with Crippen LogP contribution in [0.1, 0.15) is 27.0 Å². The Labute approximate surface area is 161 Å². The molecule has 1 fully saturated rings. The number of hydrogen-bond acceptors (Lipinski definition) is 5. The zero-order chi connectivity index (χ0) is 19.1. The molecule has 2 unspecified atom stereocenters. The van der Waals surface area contributed by atoms with E-state index in [1.54, 1.807) is 29.8 Å². The summed E-state index contributed by atoms with van der Waals surface area (Å²) in [4.78, 5) is 27.6. The van der Waals surface area contributed by atoms with Gasteiger partial charge in [-0.3, -0.25) is 9.59 Å². The van der Waals surface area contributed by atoms with E-state index >= 15 is 0 Å². The van der Waals surface area contributed by atoms with Crippen LogP contribution in [0.2, 0.25) is 0 Å². The summed E-state index contributed by atoms with van der Waals surface area (Å²) in [6.07, 6.45) is 1.93. The van der Waals surface area contributed by atoms with E-state index in [1.165, 1.54) is 7.11 Å². The van der Waals surface area contributed by atoms with Crippen LogP contribution >= 0.6 is 11.8 Å². The highest BCUT2D eigenvalue weighted by Gasteiger charge is 2.50. The molecule has 2 aromatic rings. The predicted molar refractivity (Wildman–Crippen MR) is 102 cm³/mol. The molecule has 7 nitrogen and oxygen atoms in total. The summed E-state index contributed by atoms with van der Waals surface area (Å²) in [6, 6.07) is 7.08. The average molecular weight is 387 g/mol. The van der Waals surface area contributed by atoms with Crippen LogP contribution in [-0.4, -0.2) is 47.3 Å². The first-order valence-electron chi connectivity index (χ1n) is 8.64. The fourth-order valence-corrected chi connectivity index (χ4v) is 5.13. The number of amides is 2. The summed E-state index contributed by atoms with van der Waals surface area (Å²) in [6.45, 7) is 0.431. The smallest absolute Gasteiger partial charge is 0.260 e. The maximum atomic E-state index is 13.1. The molecule has 2 atom stereocenters. The fraction of sp³-hybridized carbons (Fsp3) is 0.368. The van der Waals surface area contributed by atoms with Gasteiger partial charge in [0.25, 0.3) is 5.91 Å². The summed E-state index contributed by atoms with van der Waals surface area (Å²) >= 11 is 1.60. The summed E-state index contributed by atoms with van der Waals surface area (Å²) in [5.41, 5.74) is 2.38. The number of hydrogen-bond donors (Lipinski definition) is 1. The van der Waals surface area contributed by atoms with Gasteiger partial charge in [-0.1, -0.05) is 6.07 Å². The molecule has 4 rings (SSSR count). The normalized spacial score (nSPS) is 20.4. The Bertz CT molecular complexity index is 910. The van der Waals surface area contributed by atoms with Crippen molar-refractivity contribution in [3.05, 3.63) is 47.3 Å². The van der Waals surface area contributed by atoms with Gasteiger partial charge in [0.05, 0.1) is 26.3 Å². The Kier molecular flexibility index (Phi) is 4.51. The van der Waals surface area contributed by atoms with Crippen molar-refractivity contribution in [1.82, 2.24) is 14.8 Å². The third-order valence-corrected chi connectivity index (χ3v) is 6.40. The van der Waals surface area contributed by atoms with Crippen LogP contribution in [0.4, 0.5) is 0 Å². The summed E-state index contributed by atoms with van der Waals surface area (Å²) < 4.78 is 12.7. The van der Waals surface area contributed by atoms with Crippen molar-refractivity contribution in [2.45, 2.75) is 18.0 Å². The third kappa shape index (κ3) is 2.75. The van der Waals surface area contributed by atoms with E-state index in [4.69, 9.17) is 9.47 Å². The second kappa shape index (κ2) is 6.84. The number of carbonyl (C=O) groups excluding carboxylic acids is 2. The number of aromatic nitrogens is 1. The molecule has 1 N–H and O–H groups in total. The largest absolute Gasteiger partial charge is 0.493 e. The molecule has 3 heterocycles. The minimum absolute atomic E-state index is 0.140. The number of fused-ring (bicyclic) bond motifs is 3. The zero-order valence-electron chi connectivity index (χ0n) is 15.4. The van der Waals surface area contributed by atoms with Gasteiger partial charge < -0.3 is 24.3 Å². The fourth-order valence-electron chi connectivity index (χ4n) is 3.67. The molecule has 2 aliphatic rings. The maximum absolute atomic E-state index is 13.1. The first-order valence-corrected chi connectivity index (χ1v) is 9.68. The minimum Gasteiger partial charge on any atom is -0.493 e. The molecule has 0 saturated carbocycles. The lowest BCUT2D eigenvalue weighted by atomic mass is 10.1. The van der Waals surface area contributed by atoms with E-state index in [-0.39, 0.29) is 17.2 Å². The number of rotatable bonds is 5. The predicted octanol–water partition coefficient (Wildman–Crippen LogP) is 1.93. The molecule has 0 aliphatic carbocycles. The highest BCUT2D eigenvalue weighted by atomic mass is 32.2. The lowest BCUT2D eigenvalue weighted by Crippen LogP contribution is -2.45. The topological polar surface area (TPSA) is 72.8 Å². The Morgan fingerprint density at radius 2 is 2.11 bits per heavy atom. The average Bonchev–Trinajstić information content (AvgIpc) is 3.36. The Morgan fingerprint density at radius 3 is 2.78 bits per heavy atom. The zero-order valence-corrected chi connectivity index (χ0v) is 16.2. The van der Waals surface area contributed by atoms with Crippen LogP contribution in [0.25, 0.3) is 0 Å². The van der Waals surface area contributed by atoms with E-state index in [0.717, 1.165) is 11.3 Å². The van der Waals surface area contributed by atoms with Crippen LogP contribution in [-0.2, 0) is 18.4 Å². The lowest BCUT2D eigenvalue weighted by molar-refractivity contribution is -0.124. The van der Waals surface area contributed by atoms with Gasteiger partial charge in [-0.05, 0) is 18.2 Å². The molecule has 1 saturated heterocycles. The number of benzene rings is 1. The molecule has 27 heavy (non-hydrogen) atoms. The number of nitrogens with zero attached hydrogens (tertiary/aromatic N) is 2. The molecule has 0 spiro atoms. The number of methoxy groups -OCH3 is 2. The van der Waals surface area contributed by atoms with Crippen LogP contribution in [0, 0.1) is 0 Å². The molecule has 8 heteroatoms. The van der Waals surface area contributed by atoms with Gasteiger partial charge in [-0.15, -0.1) is 11.8 Å². The molecule has 1 aromatic carbocycles. The van der Waals surface area contributed by atoms with Gasteiger partial charge in [-0.25, -0.2) is 0 Å². The van der Waals surface area contributed by atoms with E-state index in [2.05, 4.69) is 5.32 Å². The van der Waals surface area contributed by atoms with Crippen LogP contribution in [0.15, 0.2) is 30.5 Å². The Balaban J connectivity index is 1.57. The SMILES string of the molecule is COc1ccc2c(c1OC)C(=O)N1C(C(=O)NCc3cccn3C)CSC21. The highest BCUT2D eigenvalue weighted by Crippen LogP contribution is 2.52. The molecule has 142 valence electrons. The van der Waals surface area contributed by atoms with Crippen molar-refractivity contribution in [1.29, 1.82) is 0 Å². The molecular formula is C19H21N3O4S. The number of aryl methyl sites for hydroxylation is 1. The second-order valence-corrected chi connectivity index (χ2v) is 7.62. The molecular weight excluding hydrogens is 366 g/mol. The van der Waals surface area contributed by atoms with E-state index in [0.29, 0.717) is 29.4 Å².